The summed E-state index contributed by atoms with van der Waals surface area (Å²) >= 11 is 0. The third kappa shape index (κ3) is 4.60. The second-order valence-corrected chi connectivity index (χ2v) is 3.82. The molecular weight excluding hydrogens is 166 g/mol. The Morgan fingerprint density at radius 3 is 3.08 bits per heavy atom. The average Bonchev–Trinajstić information content (AvgIpc) is 2.64. The minimum absolute atomic E-state index is 0.222. The van der Waals surface area contributed by atoms with E-state index in [0.717, 1.165) is 26.0 Å². The number of rotatable bonds is 6. The maximum Gasteiger partial charge on any atom is 0.0581 e. The summed E-state index contributed by atoms with van der Waals surface area (Å²) in [6.45, 7) is 4.15. The van der Waals surface area contributed by atoms with Crippen LogP contribution in [-0.2, 0) is 4.74 Å². The second-order valence-electron chi connectivity index (χ2n) is 3.82. The van der Waals surface area contributed by atoms with Crippen molar-refractivity contribution in [3.63, 3.8) is 0 Å². The Hall–Kier alpha value is -0.120. The van der Waals surface area contributed by atoms with E-state index in [0.29, 0.717) is 6.10 Å². The summed E-state index contributed by atoms with van der Waals surface area (Å²) in [6, 6.07) is 0.226. The van der Waals surface area contributed by atoms with Crippen LogP contribution in [0.5, 0.6) is 0 Å². The second kappa shape index (κ2) is 6.35. The lowest BCUT2D eigenvalue weighted by Gasteiger charge is -2.12. The molecule has 1 saturated heterocycles. The predicted octanol–water partition coefficient (Wildman–Crippen LogP) is 0.916. The highest BCUT2D eigenvalue weighted by Crippen LogP contribution is 2.16. The standard InChI is InChI=1S/C10H21NO2/c1-9(8-12)11-6-2-4-10-5-3-7-13-10/h9-12H,2-8H2,1H3. The fourth-order valence-corrected chi connectivity index (χ4v) is 1.61. The van der Waals surface area contributed by atoms with Gasteiger partial charge in [0.25, 0.3) is 0 Å². The molecule has 0 saturated carbocycles. The Bertz CT molecular complexity index is 124. The highest BCUT2D eigenvalue weighted by molar-refractivity contribution is 4.66. The summed E-state index contributed by atoms with van der Waals surface area (Å²) in [5, 5.41) is 12.0. The largest absolute Gasteiger partial charge is 0.395 e. The van der Waals surface area contributed by atoms with E-state index in [-0.39, 0.29) is 12.6 Å². The Morgan fingerprint density at radius 2 is 2.46 bits per heavy atom. The molecule has 1 heterocycles. The molecule has 0 aromatic carbocycles. The van der Waals surface area contributed by atoms with Crippen molar-refractivity contribution >= 4 is 0 Å². The van der Waals surface area contributed by atoms with Crippen LogP contribution in [0.1, 0.15) is 32.6 Å². The highest BCUT2D eigenvalue weighted by Gasteiger charge is 2.14. The van der Waals surface area contributed by atoms with Gasteiger partial charge in [-0.15, -0.1) is 0 Å². The summed E-state index contributed by atoms with van der Waals surface area (Å²) in [5.41, 5.74) is 0. The highest BCUT2D eigenvalue weighted by atomic mass is 16.5. The first-order valence-electron chi connectivity index (χ1n) is 5.28. The molecule has 0 aromatic rings. The predicted molar refractivity (Wildman–Crippen MR) is 52.8 cm³/mol. The minimum Gasteiger partial charge on any atom is -0.395 e. The van der Waals surface area contributed by atoms with Gasteiger partial charge in [-0.05, 0) is 39.2 Å². The van der Waals surface area contributed by atoms with Crippen molar-refractivity contribution in [1.82, 2.24) is 5.32 Å². The van der Waals surface area contributed by atoms with Crippen LogP contribution >= 0.6 is 0 Å². The fraction of sp³-hybridized carbons (Fsp3) is 1.00. The van der Waals surface area contributed by atoms with Gasteiger partial charge in [0.2, 0.25) is 0 Å². The zero-order valence-electron chi connectivity index (χ0n) is 8.46. The molecule has 0 bridgehead atoms. The van der Waals surface area contributed by atoms with Crippen molar-refractivity contribution < 1.29 is 9.84 Å². The maximum absolute atomic E-state index is 8.76. The van der Waals surface area contributed by atoms with E-state index in [2.05, 4.69) is 5.32 Å². The normalized spacial score (nSPS) is 24.9. The van der Waals surface area contributed by atoms with E-state index >= 15 is 0 Å². The molecule has 1 aliphatic rings. The summed E-state index contributed by atoms with van der Waals surface area (Å²) in [4.78, 5) is 0. The third-order valence-electron chi connectivity index (χ3n) is 2.49. The SMILES string of the molecule is CC(CO)NCCCC1CCCO1. The quantitative estimate of drug-likeness (QED) is 0.607. The van der Waals surface area contributed by atoms with Crippen LogP contribution in [0, 0.1) is 0 Å². The lowest BCUT2D eigenvalue weighted by atomic mass is 10.1. The van der Waals surface area contributed by atoms with E-state index in [9.17, 15) is 0 Å². The number of hydrogen-bond acceptors (Lipinski definition) is 3. The summed E-state index contributed by atoms with van der Waals surface area (Å²) in [6.07, 6.45) is 5.27. The van der Waals surface area contributed by atoms with Gasteiger partial charge >= 0.3 is 0 Å². The van der Waals surface area contributed by atoms with Crippen LogP contribution in [0.25, 0.3) is 0 Å². The summed E-state index contributed by atoms with van der Waals surface area (Å²) in [7, 11) is 0. The zero-order valence-corrected chi connectivity index (χ0v) is 8.46. The molecule has 3 nitrogen and oxygen atoms in total. The van der Waals surface area contributed by atoms with Gasteiger partial charge in [0.05, 0.1) is 12.7 Å². The van der Waals surface area contributed by atoms with E-state index < -0.39 is 0 Å². The minimum atomic E-state index is 0.222. The molecule has 1 aliphatic heterocycles. The van der Waals surface area contributed by atoms with Crippen LogP contribution < -0.4 is 5.32 Å². The van der Waals surface area contributed by atoms with Crippen LogP contribution in [0.4, 0.5) is 0 Å². The van der Waals surface area contributed by atoms with Crippen molar-refractivity contribution in [2.24, 2.45) is 0 Å². The lowest BCUT2D eigenvalue weighted by Crippen LogP contribution is -2.30. The lowest BCUT2D eigenvalue weighted by molar-refractivity contribution is 0.102. The molecule has 3 heteroatoms. The van der Waals surface area contributed by atoms with Gasteiger partial charge in [0, 0.05) is 12.6 Å². The Morgan fingerprint density at radius 1 is 1.62 bits per heavy atom. The number of hydrogen-bond donors (Lipinski definition) is 2. The van der Waals surface area contributed by atoms with Gasteiger partial charge in [-0.2, -0.15) is 0 Å². The van der Waals surface area contributed by atoms with Gasteiger partial charge in [-0.3, -0.25) is 0 Å². The van der Waals surface area contributed by atoms with E-state index in [1.165, 1.54) is 12.8 Å². The third-order valence-corrected chi connectivity index (χ3v) is 2.49. The smallest absolute Gasteiger partial charge is 0.0581 e. The van der Waals surface area contributed by atoms with Gasteiger partial charge in [-0.25, -0.2) is 0 Å². The Balaban J connectivity index is 1.88. The van der Waals surface area contributed by atoms with E-state index in [1.54, 1.807) is 0 Å². The Labute approximate surface area is 80.5 Å². The number of aliphatic hydroxyl groups excluding tert-OH is 1. The van der Waals surface area contributed by atoms with Gasteiger partial charge in [-0.1, -0.05) is 0 Å². The molecule has 1 rings (SSSR count). The van der Waals surface area contributed by atoms with Crippen molar-refractivity contribution in [2.75, 3.05) is 19.8 Å². The van der Waals surface area contributed by atoms with Crippen LogP contribution in [0.3, 0.4) is 0 Å². The molecule has 2 atom stereocenters. The molecule has 0 spiro atoms. The number of aliphatic hydroxyl groups is 1. The fourth-order valence-electron chi connectivity index (χ4n) is 1.61. The molecule has 2 unspecified atom stereocenters. The molecule has 0 aliphatic carbocycles. The first kappa shape index (κ1) is 11.0. The van der Waals surface area contributed by atoms with Crippen LogP contribution in [0.2, 0.25) is 0 Å². The number of nitrogens with one attached hydrogen (secondary N) is 1. The molecule has 78 valence electrons. The molecule has 0 aromatic heterocycles. The molecule has 0 radical (unpaired) electrons. The molecule has 0 amide bonds. The topological polar surface area (TPSA) is 41.5 Å². The summed E-state index contributed by atoms with van der Waals surface area (Å²) in [5.74, 6) is 0. The first-order chi connectivity index (χ1) is 6.33. The zero-order chi connectivity index (χ0) is 9.52. The molecule has 1 fully saturated rings. The van der Waals surface area contributed by atoms with Crippen LogP contribution in [0.15, 0.2) is 0 Å². The van der Waals surface area contributed by atoms with Gasteiger partial charge < -0.3 is 15.2 Å². The molecular formula is C10H21NO2. The van der Waals surface area contributed by atoms with Crippen molar-refractivity contribution in [3.05, 3.63) is 0 Å². The van der Waals surface area contributed by atoms with Crippen LogP contribution in [-0.4, -0.2) is 37.0 Å². The maximum atomic E-state index is 8.76. The van der Waals surface area contributed by atoms with Gasteiger partial charge in [0.15, 0.2) is 0 Å². The molecule has 2 N–H and O–H groups in total. The van der Waals surface area contributed by atoms with Gasteiger partial charge in [0.1, 0.15) is 0 Å². The van der Waals surface area contributed by atoms with Crippen molar-refractivity contribution in [1.29, 1.82) is 0 Å². The van der Waals surface area contributed by atoms with Crippen molar-refractivity contribution in [3.8, 4) is 0 Å². The summed E-state index contributed by atoms with van der Waals surface area (Å²) < 4.78 is 5.51. The molecule has 13 heavy (non-hydrogen) atoms. The van der Waals surface area contributed by atoms with E-state index in [4.69, 9.17) is 9.84 Å². The number of ether oxygens (including phenoxy) is 1. The van der Waals surface area contributed by atoms with Crippen molar-refractivity contribution in [2.45, 2.75) is 44.8 Å². The monoisotopic (exact) mass is 187 g/mol. The average molecular weight is 187 g/mol. The van der Waals surface area contributed by atoms with E-state index in [1.807, 2.05) is 6.92 Å². The Kier molecular flexibility index (Phi) is 5.35. The first-order valence-corrected chi connectivity index (χ1v) is 5.28.